The molecule has 0 N–H and O–H groups in total. The van der Waals surface area contributed by atoms with E-state index in [2.05, 4.69) is 41.2 Å². The highest BCUT2D eigenvalue weighted by Gasteiger charge is 2.14. The van der Waals surface area contributed by atoms with Crippen molar-refractivity contribution < 1.29 is 4.74 Å². The predicted octanol–water partition coefficient (Wildman–Crippen LogP) is 3.26. The van der Waals surface area contributed by atoms with Crippen LogP contribution < -0.4 is 0 Å². The van der Waals surface area contributed by atoms with Gasteiger partial charge in [-0.1, -0.05) is 19.9 Å². The molecule has 0 heterocycles. The van der Waals surface area contributed by atoms with E-state index >= 15 is 0 Å². The van der Waals surface area contributed by atoms with Gasteiger partial charge in [0.05, 0.1) is 12.2 Å². The second kappa shape index (κ2) is 4.66. The Morgan fingerprint density at radius 2 is 1.83 bits per heavy atom. The number of ether oxygens (including phenoxy) is 1. The van der Waals surface area contributed by atoms with Crippen LogP contribution in [0.5, 0.6) is 0 Å². The zero-order valence-corrected chi connectivity index (χ0v) is 9.05. The lowest BCUT2D eigenvalue weighted by molar-refractivity contribution is -0.0244. The van der Waals surface area contributed by atoms with Crippen molar-refractivity contribution >= 4 is 0 Å². The Bertz CT molecular complexity index is 132. The first kappa shape index (κ1) is 11.7. The minimum Gasteiger partial charge on any atom is -0.376 e. The van der Waals surface area contributed by atoms with Gasteiger partial charge in [0.1, 0.15) is 0 Å². The van der Waals surface area contributed by atoms with Gasteiger partial charge >= 0.3 is 0 Å². The minimum atomic E-state index is -0.0187. The molecule has 0 rings (SSSR count). The molecular formula is C11H22O. The molecule has 0 aromatic carbocycles. The maximum atomic E-state index is 5.67. The number of rotatable bonds is 4. The molecule has 72 valence electrons. The molecule has 0 saturated carbocycles. The van der Waals surface area contributed by atoms with Crippen LogP contribution in [0.2, 0.25) is 0 Å². The van der Waals surface area contributed by atoms with Crippen molar-refractivity contribution in [3.05, 3.63) is 12.7 Å². The maximum Gasteiger partial charge on any atom is 0.0598 e. The zero-order chi connectivity index (χ0) is 9.78. The summed E-state index contributed by atoms with van der Waals surface area (Å²) >= 11 is 0. The van der Waals surface area contributed by atoms with Crippen molar-refractivity contribution in [3.8, 4) is 0 Å². The third-order valence-corrected chi connectivity index (χ3v) is 2.05. The van der Waals surface area contributed by atoms with E-state index in [0.717, 1.165) is 6.61 Å². The standard InChI is InChI=1S/C11H22O/c1-7-9(2)10(3)8-12-11(4,5)6/h7,9-10H,1,8H2,2-6H3/t9-,10-/m0/s1. The molecule has 0 radical (unpaired) electrons. The van der Waals surface area contributed by atoms with E-state index in [9.17, 15) is 0 Å². The fourth-order valence-electron chi connectivity index (χ4n) is 0.766. The quantitative estimate of drug-likeness (QED) is 0.588. The van der Waals surface area contributed by atoms with Crippen LogP contribution >= 0.6 is 0 Å². The summed E-state index contributed by atoms with van der Waals surface area (Å²) in [5, 5.41) is 0. The second-order valence-electron chi connectivity index (χ2n) is 4.50. The van der Waals surface area contributed by atoms with Gasteiger partial charge in [0.15, 0.2) is 0 Å². The number of allylic oxidation sites excluding steroid dienone is 1. The first-order chi connectivity index (χ1) is 5.37. The maximum absolute atomic E-state index is 5.67. The topological polar surface area (TPSA) is 9.23 Å². The summed E-state index contributed by atoms with van der Waals surface area (Å²) in [6.07, 6.45) is 1.98. The molecule has 0 saturated heterocycles. The molecule has 0 unspecified atom stereocenters. The Morgan fingerprint density at radius 3 is 2.17 bits per heavy atom. The van der Waals surface area contributed by atoms with Crippen molar-refractivity contribution in [2.24, 2.45) is 11.8 Å². The van der Waals surface area contributed by atoms with Crippen LogP contribution in [0.4, 0.5) is 0 Å². The number of hydrogen-bond donors (Lipinski definition) is 0. The van der Waals surface area contributed by atoms with E-state index in [1.165, 1.54) is 0 Å². The molecule has 0 amide bonds. The van der Waals surface area contributed by atoms with Crippen LogP contribution in [0, 0.1) is 11.8 Å². The van der Waals surface area contributed by atoms with E-state index < -0.39 is 0 Å². The highest BCUT2D eigenvalue weighted by molar-refractivity contribution is 4.79. The van der Waals surface area contributed by atoms with Crippen LogP contribution in [0.3, 0.4) is 0 Å². The Morgan fingerprint density at radius 1 is 1.33 bits per heavy atom. The normalized spacial score (nSPS) is 17.1. The lowest BCUT2D eigenvalue weighted by Gasteiger charge is -2.24. The molecule has 0 bridgehead atoms. The molecule has 2 atom stereocenters. The zero-order valence-electron chi connectivity index (χ0n) is 9.05. The van der Waals surface area contributed by atoms with Gasteiger partial charge in [0, 0.05) is 0 Å². The van der Waals surface area contributed by atoms with Crippen molar-refractivity contribution in [3.63, 3.8) is 0 Å². The van der Waals surface area contributed by atoms with E-state index in [-0.39, 0.29) is 5.60 Å². The summed E-state index contributed by atoms with van der Waals surface area (Å²) in [4.78, 5) is 0. The number of hydrogen-bond acceptors (Lipinski definition) is 1. The van der Waals surface area contributed by atoms with Crippen molar-refractivity contribution in [1.29, 1.82) is 0 Å². The average Bonchev–Trinajstić information content (AvgIpc) is 1.97. The SMILES string of the molecule is C=C[C@H](C)[C@@H](C)COC(C)(C)C. The van der Waals surface area contributed by atoms with E-state index in [4.69, 9.17) is 4.74 Å². The van der Waals surface area contributed by atoms with Gasteiger partial charge in [-0.25, -0.2) is 0 Å². The Balaban J connectivity index is 3.71. The van der Waals surface area contributed by atoms with Crippen LogP contribution in [-0.4, -0.2) is 12.2 Å². The van der Waals surface area contributed by atoms with Gasteiger partial charge < -0.3 is 4.74 Å². The third kappa shape index (κ3) is 5.36. The van der Waals surface area contributed by atoms with Gasteiger partial charge in [-0.3, -0.25) is 0 Å². The van der Waals surface area contributed by atoms with Gasteiger partial charge in [0.25, 0.3) is 0 Å². The Kier molecular flexibility index (Phi) is 4.54. The van der Waals surface area contributed by atoms with E-state index in [1.807, 2.05) is 6.08 Å². The predicted molar refractivity (Wildman–Crippen MR) is 54.2 cm³/mol. The van der Waals surface area contributed by atoms with Crippen LogP contribution in [0.25, 0.3) is 0 Å². The van der Waals surface area contributed by atoms with Crippen molar-refractivity contribution in [2.45, 2.75) is 40.2 Å². The van der Waals surface area contributed by atoms with Crippen molar-refractivity contribution in [2.75, 3.05) is 6.61 Å². The molecule has 0 fully saturated rings. The Labute approximate surface area is 76.8 Å². The fraction of sp³-hybridized carbons (Fsp3) is 0.818. The molecule has 1 heteroatoms. The van der Waals surface area contributed by atoms with Crippen LogP contribution in [0.15, 0.2) is 12.7 Å². The van der Waals surface area contributed by atoms with Gasteiger partial charge in [-0.05, 0) is 32.6 Å². The summed E-state index contributed by atoms with van der Waals surface area (Å²) in [5.41, 5.74) is -0.0187. The summed E-state index contributed by atoms with van der Waals surface area (Å²) < 4.78 is 5.67. The molecule has 0 aliphatic heterocycles. The molecule has 0 spiro atoms. The summed E-state index contributed by atoms with van der Waals surface area (Å²) in [6.45, 7) is 15.2. The molecule has 0 aromatic heterocycles. The summed E-state index contributed by atoms with van der Waals surface area (Å²) in [6, 6.07) is 0. The monoisotopic (exact) mass is 170 g/mol. The summed E-state index contributed by atoms with van der Waals surface area (Å²) in [7, 11) is 0. The first-order valence-electron chi connectivity index (χ1n) is 4.63. The largest absolute Gasteiger partial charge is 0.376 e. The molecule has 0 aliphatic carbocycles. The lowest BCUT2D eigenvalue weighted by Crippen LogP contribution is -2.24. The second-order valence-corrected chi connectivity index (χ2v) is 4.50. The fourth-order valence-corrected chi connectivity index (χ4v) is 0.766. The molecule has 1 nitrogen and oxygen atoms in total. The molecule has 0 aromatic rings. The van der Waals surface area contributed by atoms with Gasteiger partial charge in [0.2, 0.25) is 0 Å². The van der Waals surface area contributed by atoms with E-state index in [0.29, 0.717) is 11.8 Å². The average molecular weight is 170 g/mol. The summed E-state index contributed by atoms with van der Waals surface area (Å²) in [5.74, 6) is 1.09. The van der Waals surface area contributed by atoms with Crippen molar-refractivity contribution in [1.82, 2.24) is 0 Å². The Hall–Kier alpha value is -0.300. The van der Waals surface area contributed by atoms with Crippen LogP contribution in [-0.2, 0) is 4.74 Å². The van der Waals surface area contributed by atoms with E-state index in [1.54, 1.807) is 0 Å². The molecule has 12 heavy (non-hydrogen) atoms. The first-order valence-corrected chi connectivity index (χ1v) is 4.63. The highest BCUT2D eigenvalue weighted by atomic mass is 16.5. The minimum absolute atomic E-state index is 0.0187. The lowest BCUT2D eigenvalue weighted by atomic mass is 9.97. The van der Waals surface area contributed by atoms with Crippen LogP contribution in [0.1, 0.15) is 34.6 Å². The third-order valence-electron chi connectivity index (χ3n) is 2.05. The molecular weight excluding hydrogens is 148 g/mol. The highest BCUT2D eigenvalue weighted by Crippen LogP contribution is 2.15. The van der Waals surface area contributed by atoms with Gasteiger partial charge in [-0.2, -0.15) is 0 Å². The molecule has 0 aliphatic rings. The smallest absolute Gasteiger partial charge is 0.0598 e. The van der Waals surface area contributed by atoms with Gasteiger partial charge in [-0.15, -0.1) is 6.58 Å².